The fourth-order valence-electron chi connectivity index (χ4n) is 0.777. The van der Waals surface area contributed by atoms with Gasteiger partial charge in [0.25, 0.3) is 0 Å². The SMILES string of the molecule is CC[C@H](O)[C@@H](O)[C@H](CO)N=[N+]=[N-]. The third-order valence-corrected chi connectivity index (χ3v) is 1.59. The highest BCUT2D eigenvalue weighted by molar-refractivity contribution is 4.80. The van der Waals surface area contributed by atoms with Gasteiger partial charge in [-0.05, 0) is 12.0 Å². The van der Waals surface area contributed by atoms with Gasteiger partial charge in [-0.2, -0.15) is 0 Å². The molecule has 0 saturated carbocycles. The lowest BCUT2D eigenvalue weighted by Gasteiger charge is -2.20. The zero-order valence-electron chi connectivity index (χ0n) is 6.83. The van der Waals surface area contributed by atoms with Crippen molar-refractivity contribution in [1.29, 1.82) is 0 Å². The third-order valence-electron chi connectivity index (χ3n) is 1.59. The molecule has 0 heterocycles. The number of aliphatic hydroxyl groups is 3. The molecule has 70 valence electrons. The van der Waals surface area contributed by atoms with Crippen molar-refractivity contribution in [2.45, 2.75) is 31.6 Å². The van der Waals surface area contributed by atoms with Crippen LogP contribution in [0.25, 0.3) is 10.4 Å². The van der Waals surface area contributed by atoms with Crippen LogP contribution in [-0.2, 0) is 0 Å². The standard InChI is InChI=1S/C6H13N3O3/c1-2-5(11)6(12)4(3-10)8-9-7/h4-6,10-12H,2-3H2,1H3/t4-,5-,6-/m0/s1. The number of aliphatic hydroxyl groups excluding tert-OH is 3. The summed E-state index contributed by atoms with van der Waals surface area (Å²) in [5.74, 6) is 0. The lowest BCUT2D eigenvalue weighted by atomic mass is 10.1. The summed E-state index contributed by atoms with van der Waals surface area (Å²) in [6, 6.07) is -0.968. The van der Waals surface area contributed by atoms with E-state index < -0.39 is 24.9 Å². The van der Waals surface area contributed by atoms with E-state index in [0.717, 1.165) is 0 Å². The Labute approximate surface area is 70.1 Å². The van der Waals surface area contributed by atoms with Gasteiger partial charge < -0.3 is 15.3 Å². The highest BCUT2D eigenvalue weighted by Crippen LogP contribution is 2.06. The molecule has 3 N–H and O–H groups in total. The Bertz CT molecular complexity index is 169. The number of hydrogen-bond donors (Lipinski definition) is 3. The average molecular weight is 175 g/mol. The van der Waals surface area contributed by atoms with Gasteiger partial charge in [0.15, 0.2) is 0 Å². The van der Waals surface area contributed by atoms with Crippen LogP contribution in [-0.4, -0.2) is 40.2 Å². The minimum absolute atomic E-state index is 0.346. The summed E-state index contributed by atoms with van der Waals surface area (Å²) >= 11 is 0. The van der Waals surface area contributed by atoms with Gasteiger partial charge >= 0.3 is 0 Å². The predicted molar refractivity (Wildman–Crippen MR) is 42.3 cm³/mol. The van der Waals surface area contributed by atoms with E-state index in [-0.39, 0.29) is 0 Å². The van der Waals surface area contributed by atoms with Crippen molar-refractivity contribution in [1.82, 2.24) is 0 Å². The topological polar surface area (TPSA) is 109 Å². The van der Waals surface area contributed by atoms with E-state index in [4.69, 9.17) is 15.7 Å². The van der Waals surface area contributed by atoms with Crippen LogP contribution in [0, 0.1) is 0 Å². The molecular formula is C6H13N3O3. The first kappa shape index (κ1) is 11.2. The van der Waals surface area contributed by atoms with Crippen LogP contribution in [0.15, 0.2) is 5.11 Å². The molecule has 0 aromatic carbocycles. The molecule has 0 aliphatic rings. The monoisotopic (exact) mass is 175 g/mol. The third kappa shape index (κ3) is 3.06. The van der Waals surface area contributed by atoms with Gasteiger partial charge in [0, 0.05) is 4.91 Å². The molecular weight excluding hydrogens is 162 g/mol. The Hall–Kier alpha value is -0.810. The number of rotatable bonds is 5. The maximum absolute atomic E-state index is 9.23. The van der Waals surface area contributed by atoms with Gasteiger partial charge in [0.1, 0.15) is 0 Å². The van der Waals surface area contributed by atoms with Gasteiger partial charge in [-0.3, -0.25) is 0 Å². The Morgan fingerprint density at radius 2 is 2.08 bits per heavy atom. The lowest BCUT2D eigenvalue weighted by molar-refractivity contribution is -0.00838. The van der Waals surface area contributed by atoms with Gasteiger partial charge in [-0.25, -0.2) is 0 Å². The number of azide groups is 1. The second-order valence-corrected chi connectivity index (χ2v) is 2.42. The predicted octanol–water partition coefficient (Wildman–Crippen LogP) is -0.211. The molecule has 0 amide bonds. The van der Waals surface area contributed by atoms with Crippen molar-refractivity contribution in [3.63, 3.8) is 0 Å². The van der Waals surface area contributed by atoms with Crippen LogP contribution in [0.4, 0.5) is 0 Å². The molecule has 0 aliphatic carbocycles. The molecule has 0 unspecified atom stereocenters. The van der Waals surface area contributed by atoms with Crippen molar-refractivity contribution in [3.05, 3.63) is 10.4 Å². The smallest absolute Gasteiger partial charge is 0.0905 e. The van der Waals surface area contributed by atoms with Crippen molar-refractivity contribution < 1.29 is 15.3 Å². The minimum atomic E-state index is -1.20. The van der Waals surface area contributed by atoms with Crippen LogP contribution >= 0.6 is 0 Å². The summed E-state index contributed by atoms with van der Waals surface area (Å²) in [5.41, 5.74) is 8.03. The van der Waals surface area contributed by atoms with Gasteiger partial charge in [0.2, 0.25) is 0 Å². The number of nitrogens with zero attached hydrogens (tertiary/aromatic N) is 3. The zero-order valence-corrected chi connectivity index (χ0v) is 6.83. The summed E-state index contributed by atoms with van der Waals surface area (Å²) in [7, 11) is 0. The first-order valence-corrected chi connectivity index (χ1v) is 3.68. The second kappa shape index (κ2) is 5.79. The van der Waals surface area contributed by atoms with Gasteiger partial charge in [-0.15, -0.1) is 0 Å². The molecule has 0 fully saturated rings. The highest BCUT2D eigenvalue weighted by Gasteiger charge is 2.23. The van der Waals surface area contributed by atoms with Crippen LogP contribution in [0.2, 0.25) is 0 Å². The highest BCUT2D eigenvalue weighted by atomic mass is 16.3. The van der Waals surface area contributed by atoms with Crippen molar-refractivity contribution in [3.8, 4) is 0 Å². The van der Waals surface area contributed by atoms with Crippen LogP contribution in [0.1, 0.15) is 13.3 Å². The van der Waals surface area contributed by atoms with E-state index in [9.17, 15) is 5.11 Å². The molecule has 0 aliphatic heterocycles. The quantitative estimate of drug-likeness (QED) is 0.305. The maximum Gasteiger partial charge on any atom is 0.0905 e. The molecule has 0 aromatic rings. The lowest BCUT2D eigenvalue weighted by Crippen LogP contribution is -2.37. The summed E-state index contributed by atoms with van der Waals surface area (Å²) in [6.45, 7) is 1.21. The van der Waals surface area contributed by atoms with E-state index in [2.05, 4.69) is 10.0 Å². The molecule has 0 rings (SSSR count). The maximum atomic E-state index is 9.23. The average Bonchev–Trinajstić information content (AvgIpc) is 2.11. The largest absolute Gasteiger partial charge is 0.396 e. The fourth-order valence-corrected chi connectivity index (χ4v) is 0.777. The molecule has 0 radical (unpaired) electrons. The first-order chi connectivity index (χ1) is 5.67. The van der Waals surface area contributed by atoms with Crippen molar-refractivity contribution >= 4 is 0 Å². The molecule has 12 heavy (non-hydrogen) atoms. The van der Waals surface area contributed by atoms with E-state index >= 15 is 0 Å². The molecule has 6 nitrogen and oxygen atoms in total. The van der Waals surface area contributed by atoms with E-state index in [1.165, 1.54) is 0 Å². The molecule has 0 spiro atoms. The van der Waals surface area contributed by atoms with E-state index in [1.54, 1.807) is 6.92 Å². The summed E-state index contributed by atoms with van der Waals surface area (Å²) in [4.78, 5) is 2.44. The fraction of sp³-hybridized carbons (Fsp3) is 1.00. The molecule has 3 atom stereocenters. The Morgan fingerprint density at radius 3 is 2.42 bits per heavy atom. The molecule has 0 saturated heterocycles. The second-order valence-electron chi connectivity index (χ2n) is 2.42. The van der Waals surface area contributed by atoms with Crippen LogP contribution < -0.4 is 0 Å². The van der Waals surface area contributed by atoms with E-state index in [1.807, 2.05) is 0 Å². The van der Waals surface area contributed by atoms with E-state index in [0.29, 0.717) is 6.42 Å². The summed E-state index contributed by atoms with van der Waals surface area (Å²) in [6.07, 6.45) is -1.82. The first-order valence-electron chi connectivity index (χ1n) is 3.68. The van der Waals surface area contributed by atoms with Gasteiger partial charge in [-0.1, -0.05) is 12.0 Å². The van der Waals surface area contributed by atoms with Crippen molar-refractivity contribution in [2.75, 3.05) is 6.61 Å². The van der Waals surface area contributed by atoms with Crippen LogP contribution in [0.3, 0.4) is 0 Å². The Morgan fingerprint density at radius 1 is 1.50 bits per heavy atom. The number of hydrogen-bond acceptors (Lipinski definition) is 4. The van der Waals surface area contributed by atoms with Crippen molar-refractivity contribution in [2.24, 2.45) is 5.11 Å². The Balaban J connectivity index is 4.19. The molecule has 0 bridgehead atoms. The molecule has 6 heteroatoms. The van der Waals surface area contributed by atoms with Gasteiger partial charge in [0.05, 0.1) is 24.9 Å². The van der Waals surface area contributed by atoms with Crippen LogP contribution in [0.5, 0.6) is 0 Å². The summed E-state index contributed by atoms with van der Waals surface area (Å²) in [5, 5.41) is 30.1. The zero-order chi connectivity index (χ0) is 9.56. The molecule has 0 aromatic heterocycles. The summed E-state index contributed by atoms with van der Waals surface area (Å²) < 4.78 is 0. The Kier molecular flexibility index (Phi) is 5.40. The normalized spacial score (nSPS) is 17.7. The minimum Gasteiger partial charge on any atom is -0.396 e.